The van der Waals surface area contributed by atoms with Crippen LogP contribution in [0.1, 0.15) is 13.8 Å². The Balaban J connectivity index is 1.70. The molecule has 0 spiro atoms. The van der Waals surface area contributed by atoms with E-state index in [9.17, 15) is 0 Å². The fraction of sp³-hybridized carbons (Fsp3) is 0.619. The quantitative estimate of drug-likeness (QED) is 0.775. The Morgan fingerprint density at radius 3 is 1.88 bits per heavy atom. The summed E-state index contributed by atoms with van der Waals surface area (Å²) in [6.07, 6.45) is 19.7. The van der Waals surface area contributed by atoms with Gasteiger partial charge in [-0.2, -0.15) is 0 Å². The van der Waals surface area contributed by atoms with Crippen LogP contribution in [0.4, 0.5) is 0 Å². The maximum atomic E-state index is 3.78. The summed E-state index contributed by atoms with van der Waals surface area (Å²) in [5.41, 5.74) is 0.802. The van der Waals surface area contributed by atoms with Gasteiger partial charge in [0.25, 0.3) is 0 Å². The molecule has 0 amide bonds. The lowest BCUT2D eigenvalue weighted by atomic mass is 9.83. The van der Waals surface area contributed by atoms with E-state index in [1.807, 2.05) is 0 Å². The topological polar surface area (TPSA) is 15.3 Å². The zero-order valence-corrected chi connectivity index (χ0v) is 16.5. The molecule has 0 radical (unpaired) electrons. The van der Waals surface area contributed by atoms with E-state index in [2.05, 4.69) is 85.4 Å². The average molecular weight is 341 g/mol. The number of rotatable bonds is 3. The normalized spacial score (nSPS) is 41.2. The van der Waals surface area contributed by atoms with Crippen LogP contribution in [0.15, 0.2) is 48.6 Å². The van der Waals surface area contributed by atoms with Crippen molar-refractivity contribution in [3.63, 3.8) is 0 Å². The highest BCUT2D eigenvalue weighted by Crippen LogP contribution is 2.58. The fourth-order valence-corrected chi connectivity index (χ4v) is 10.7. The van der Waals surface area contributed by atoms with Crippen molar-refractivity contribution in [1.29, 1.82) is 0 Å². The zero-order chi connectivity index (χ0) is 16.9. The van der Waals surface area contributed by atoms with Gasteiger partial charge in [0.05, 0.1) is 6.17 Å². The zero-order valence-electron chi connectivity index (χ0n) is 15.5. The maximum Gasteiger partial charge on any atom is 0.128 e. The molecule has 2 nitrogen and oxygen atoms in total. The molecule has 3 heteroatoms. The fourth-order valence-electron chi connectivity index (χ4n) is 5.99. The summed E-state index contributed by atoms with van der Waals surface area (Å²) in [6.45, 7) is 12.4. The van der Waals surface area contributed by atoms with Crippen LogP contribution < -0.4 is 5.32 Å². The minimum atomic E-state index is -1.58. The Bertz CT molecular complexity index is 567. The Kier molecular flexibility index (Phi) is 4.22. The van der Waals surface area contributed by atoms with Crippen LogP contribution >= 0.6 is 0 Å². The summed E-state index contributed by atoms with van der Waals surface area (Å²) >= 11 is 0. The van der Waals surface area contributed by atoms with Crippen LogP contribution in [-0.2, 0) is 0 Å². The van der Waals surface area contributed by atoms with Gasteiger partial charge in [0.1, 0.15) is 8.24 Å². The smallest absolute Gasteiger partial charge is 0.128 e. The van der Waals surface area contributed by atoms with E-state index in [0.29, 0.717) is 35.8 Å². The number of fused-ring (bicyclic) bond motifs is 3. The van der Waals surface area contributed by atoms with Gasteiger partial charge in [0, 0.05) is 13.1 Å². The standard InChI is InChI=1S/C21H32N2Si/c1-15(2)21-22-13-14-23(21)24(3,4)20-18-11-7-5-9-16(18)17-10-6-8-12-19(17)20/h5-12,15-22H,13-14H2,1-4H3/t16?,17?,18?,19?,20?,21-/m0/s1. The molecular formula is C21H32N2Si. The van der Waals surface area contributed by atoms with E-state index < -0.39 is 8.24 Å². The van der Waals surface area contributed by atoms with Crippen LogP contribution in [-0.4, -0.2) is 32.1 Å². The third kappa shape index (κ3) is 2.44. The summed E-state index contributed by atoms with van der Waals surface area (Å²) in [5.74, 6) is 3.51. The molecular weight excluding hydrogens is 308 g/mol. The van der Waals surface area contributed by atoms with Gasteiger partial charge in [0.2, 0.25) is 0 Å². The van der Waals surface area contributed by atoms with Crippen molar-refractivity contribution in [2.24, 2.45) is 29.6 Å². The van der Waals surface area contributed by atoms with Crippen molar-refractivity contribution >= 4 is 8.24 Å². The van der Waals surface area contributed by atoms with Crippen LogP contribution in [0.25, 0.3) is 0 Å². The van der Waals surface area contributed by atoms with Gasteiger partial charge in [0.15, 0.2) is 0 Å². The molecule has 130 valence electrons. The molecule has 3 aliphatic carbocycles. The first kappa shape index (κ1) is 16.6. The van der Waals surface area contributed by atoms with E-state index >= 15 is 0 Å². The summed E-state index contributed by atoms with van der Waals surface area (Å²) in [7, 11) is -1.58. The van der Waals surface area contributed by atoms with Crippen LogP contribution in [0.5, 0.6) is 0 Å². The van der Waals surface area contributed by atoms with Crippen molar-refractivity contribution in [2.45, 2.75) is 38.6 Å². The first-order valence-corrected chi connectivity index (χ1v) is 12.7. The average Bonchev–Trinajstić information content (AvgIpc) is 3.18. The number of allylic oxidation sites excluding steroid dienone is 8. The lowest BCUT2D eigenvalue weighted by Gasteiger charge is -2.47. The second-order valence-electron chi connectivity index (χ2n) is 8.86. The Morgan fingerprint density at radius 1 is 0.875 bits per heavy atom. The third-order valence-corrected chi connectivity index (χ3v) is 11.3. The van der Waals surface area contributed by atoms with Crippen LogP contribution in [0.3, 0.4) is 0 Å². The summed E-state index contributed by atoms with van der Waals surface area (Å²) in [5, 5.41) is 3.78. The SMILES string of the molecule is CC(C)[C@H]1NCCN1[Si](C)(C)C1C2C=CC=CC2C2C=CC=CC21. The van der Waals surface area contributed by atoms with Crippen molar-refractivity contribution < 1.29 is 0 Å². The minimum Gasteiger partial charge on any atom is -0.308 e. The van der Waals surface area contributed by atoms with Gasteiger partial charge in [-0.05, 0) is 35.1 Å². The number of nitrogens with zero attached hydrogens (tertiary/aromatic N) is 1. The molecule has 2 fully saturated rings. The predicted octanol–water partition coefficient (Wildman–Crippen LogP) is 4.18. The summed E-state index contributed by atoms with van der Waals surface area (Å²) < 4.78 is 2.90. The molecule has 1 saturated heterocycles. The van der Waals surface area contributed by atoms with Gasteiger partial charge in [-0.1, -0.05) is 75.5 Å². The van der Waals surface area contributed by atoms with Crippen LogP contribution in [0, 0.1) is 29.6 Å². The molecule has 0 aromatic carbocycles. The molecule has 1 saturated carbocycles. The molecule has 1 heterocycles. The van der Waals surface area contributed by atoms with E-state index in [4.69, 9.17) is 0 Å². The monoisotopic (exact) mass is 340 g/mol. The second-order valence-corrected chi connectivity index (χ2v) is 13.4. The van der Waals surface area contributed by atoms with E-state index in [0.717, 1.165) is 12.1 Å². The number of hydrogen-bond acceptors (Lipinski definition) is 2. The van der Waals surface area contributed by atoms with Gasteiger partial charge >= 0.3 is 0 Å². The summed E-state index contributed by atoms with van der Waals surface area (Å²) in [6, 6.07) is 0. The minimum absolute atomic E-state index is 0.565. The van der Waals surface area contributed by atoms with Crippen molar-refractivity contribution in [2.75, 3.05) is 13.1 Å². The largest absolute Gasteiger partial charge is 0.308 e. The van der Waals surface area contributed by atoms with Crippen LogP contribution in [0.2, 0.25) is 18.6 Å². The lowest BCUT2D eigenvalue weighted by Crippen LogP contribution is -2.59. The molecule has 4 aliphatic rings. The van der Waals surface area contributed by atoms with E-state index in [1.54, 1.807) is 0 Å². The molecule has 0 bridgehead atoms. The molecule has 4 unspecified atom stereocenters. The third-order valence-electron chi connectivity index (χ3n) is 6.95. The van der Waals surface area contributed by atoms with Crippen molar-refractivity contribution in [3.8, 4) is 0 Å². The molecule has 0 aromatic rings. The number of nitrogens with one attached hydrogen (secondary N) is 1. The molecule has 1 N–H and O–H groups in total. The molecule has 24 heavy (non-hydrogen) atoms. The van der Waals surface area contributed by atoms with Gasteiger partial charge < -0.3 is 9.88 Å². The molecule has 4 rings (SSSR count). The predicted molar refractivity (Wildman–Crippen MR) is 105 cm³/mol. The Hall–Kier alpha value is -0.903. The highest BCUT2D eigenvalue weighted by molar-refractivity contribution is 6.76. The van der Waals surface area contributed by atoms with E-state index in [-0.39, 0.29) is 0 Å². The summed E-state index contributed by atoms with van der Waals surface area (Å²) in [4.78, 5) is 0. The van der Waals surface area contributed by atoms with Crippen molar-refractivity contribution in [1.82, 2.24) is 9.88 Å². The maximum absolute atomic E-state index is 3.78. The highest BCUT2D eigenvalue weighted by atomic mass is 28.3. The van der Waals surface area contributed by atoms with Crippen molar-refractivity contribution in [3.05, 3.63) is 48.6 Å². The molecule has 5 atom stereocenters. The van der Waals surface area contributed by atoms with Gasteiger partial charge in [-0.15, -0.1) is 0 Å². The Morgan fingerprint density at radius 2 is 1.38 bits per heavy atom. The first-order valence-electron chi connectivity index (χ1n) is 9.72. The molecule has 0 aromatic heterocycles. The number of hydrogen-bond donors (Lipinski definition) is 1. The Labute approximate surface area is 148 Å². The highest BCUT2D eigenvalue weighted by Gasteiger charge is 2.56. The first-order chi connectivity index (χ1) is 11.5. The lowest BCUT2D eigenvalue weighted by molar-refractivity contribution is 0.279. The van der Waals surface area contributed by atoms with Gasteiger partial charge in [-0.25, -0.2) is 0 Å². The second kappa shape index (κ2) is 6.12. The molecule has 1 aliphatic heterocycles. The van der Waals surface area contributed by atoms with Gasteiger partial charge in [-0.3, -0.25) is 0 Å². The van der Waals surface area contributed by atoms with E-state index in [1.165, 1.54) is 6.54 Å².